The molecule has 5 heteroatoms. The third-order valence-electron chi connectivity index (χ3n) is 3.43. The van der Waals surface area contributed by atoms with Crippen molar-refractivity contribution in [2.24, 2.45) is 0 Å². The van der Waals surface area contributed by atoms with E-state index in [1.54, 1.807) is 12.1 Å². The van der Waals surface area contributed by atoms with Gasteiger partial charge in [0.15, 0.2) is 0 Å². The minimum atomic E-state index is -3.39. The van der Waals surface area contributed by atoms with Gasteiger partial charge in [-0.3, -0.25) is 0 Å². The van der Waals surface area contributed by atoms with Gasteiger partial charge in [0, 0.05) is 6.04 Å². The Morgan fingerprint density at radius 3 is 2.20 bits per heavy atom. The predicted octanol–water partition coefficient (Wildman–Crippen LogP) is 2.31. The summed E-state index contributed by atoms with van der Waals surface area (Å²) in [7, 11) is -1.46. The number of nitrogens with one attached hydrogen (secondary N) is 2. The van der Waals surface area contributed by atoms with E-state index >= 15 is 0 Å². The first kappa shape index (κ1) is 17.1. The molecule has 0 spiro atoms. The second-order valence-corrected chi connectivity index (χ2v) is 6.70. The van der Waals surface area contributed by atoms with Crippen LogP contribution in [-0.2, 0) is 16.4 Å². The normalized spacial score (nSPS) is 12.0. The van der Waals surface area contributed by atoms with Crippen LogP contribution in [0, 0.1) is 0 Å². The Morgan fingerprint density at radius 2 is 1.70 bits per heavy atom. The Hall–Kier alpha value is -0.910. The van der Waals surface area contributed by atoms with Crippen LogP contribution in [-0.4, -0.2) is 28.1 Å². The van der Waals surface area contributed by atoms with Gasteiger partial charge in [-0.05, 0) is 57.0 Å². The van der Waals surface area contributed by atoms with E-state index in [2.05, 4.69) is 10.0 Å². The smallest absolute Gasteiger partial charge is 0.240 e. The quantitative estimate of drug-likeness (QED) is 0.688. The zero-order valence-corrected chi connectivity index (χ0v) is 13.5. The maximum Gasteiger partial charge on any atom is 0.240 e. The molecule has 1 rings (SSSR count). The van der Waals surface area contributed by atoms with Gasteiger partial charge in [0.05, 0.1) is 4.90 Å². The average Bonchev–Trinajstić information content (AvgIpc) is 2.45. The summed E-state index contributed by atoms with van der Waals surface area (Å²) in [5.74, 6) is 0. The van der Waals surface area contributed by atoms with Crippen LogP contribution in [0.15, 0.2) is 29.2 Å². The molecular formula is C15H26N2O2S. The lowest BCUT2D eigenvalue weighted by molar-refractivity contribution is 0.530. The van der Waals surface area contributed by atoms with Crippen molar-refractivity contribution in [1.82, 2.24) is 10.0 Å². The predicted molar refractivity (Wildman–Crippen MR) is 83.4 cm³/mol. The minimum Gasteiger partial charge on any atom is -0.320 e. The zero-order valence-electron chi connectivity index (χ0n) is 12.6. The highest BCUT2D eigenvalue weighted by atomic mass is 32.2. The maximum atomic E-state index is 12.2. The first-order valence-corrected chi connectivity index (χ1v) is 8.77. The molecule has 0 bridgehead atoms. The Bertz CT molecular complexity index is 479. The van der Waals surface area contributed by atoms with Gasteiger partial charge in [0.2, 0.25) is 10.0 Å². The molecule has 4 nitrogen and oxygen atoms in total. The Kier molecular flexibility index (Phi) is 7.19. The van der Waals surface area contributed by atoms with Crippen LogP contribution in [0.4, 0.5) is 0 Å². The SMILES string of the molecule is CCC(CC)NS(=O)(=O)c1ccc(CCCNC)cc1. The number of sulfonamides is 1. The molecule has 0 fully saturated rings. The fourth-order valence-electron chi connectivity index (χ4n) is 2.05. The average molecular weight is 298 g/mol. The summed E-state index contributed by atoms with van der Waals surface area (Å²) >= 11 is 0. The first-order chi connectivity index (χ1) is 9.53. The molecular weight excluding hydrogens is 272 g/mol. The number of aryl methyl sites for hydroxylation is 1. The number of benzene rings is 1. The topological polar surface area (TPSA) is 58.2 Å². The van der Waals surface area contributed by atoms with Crippen molar-refractivity contribution in [3.05, 3.63) is 29.8 Å². The van der Waals surface area contributed by atoms with Crippen LogP contribution in [0.5, 0.6) is 0 Å². The lowest BCUT2D eigenvalue weighted by Gasteiger charge is -2.15. The van der Waals surface area contributed by atoms with E-state index in [9.17, 15) is 8.42 Å². The fraction of sp³-hybridized carbons (Fsp3) is 0.600. The lowest BCUT2D eigenvalue weighted by Crippen LogP contribution is -2.33. The molecule has 0 unspecified atom stereocenters. The third kappa shape index (κ3) is 5.23. The van der Waals surface area contributed by atoms with E-state index < -0.39 is 10.0 Å². The van der Waals surface area contributed by atoms with Gasteiger partial charge in [-0.15, -0.1) is 0 Å². The molecule has 0 amide bonds. The van der Waals surface area contributed by atoms with Crippen molar-refractivity contribution >= 4 is 10.0 Å². The summed E-state index contributed by atoms with van der Waals surface area (Å²) < 4.78 is 27.2. The monoisotopic (exact) mass is 298 g/mol. The summed E-state index contributed by atoms with van der Waals surface area (Å²) in [6.07, 6.45) is 3.62. The van der Waals surface area contributed by atoms with Gasteiger partial charge in [-0.2, -0.15) is 0 Å². The molecule has 0 aliphatic heterocycles. The van der Waals surface area contributed by atoms with Crippen LogP contribution in [0.3, 0.4) is 0 Å². The van der Waals surface area contributed by atoms with E-state index in [0.29, 0.717) is 4.90 Å². The second-order valence-electron chi connectivity index (χ2n) is 4.99. The molecule has 0 aliphatic rings. The van der Waals surface area contributed by atoms with Gasteiger partial charge in [-0.1, -0.05) is 26.0 Å². The first-order valence-electron chi connectivity index (χ1n) is 7.29. The molecule has 1 aromatic rings. The van der Waals surface area contributed by atoms with E-state index in [4.69, 9.17) is 0 Å². The van der Waals surface area contributed by atoms with E-state index in [-0.39, 0.29) is 6.04 Å². The van der Waals surface area contributed by atoms with Gasteiger partial charge < -0.3 is 5.32 Å². The van der Waals surface area contributed by atoms with Crippen LogP contribution >= 0.6 is 0 Å². The molecule has 2 N–H and O–H groups in total. The van der Waals surface area contributed by atoms with Crippen molar-refractivity contribution in [3.63, 3.8) is 0 Å². The van der Waals surface area contributed by atoms with Gasteiger partial charge in [0.25, 0.3) is 0 Å². The maximum absolute atomic E-state index is 12.2. The highest BCUT2D eigenvalue weighted by Crippen LogP contribution is 2.13. The molecule has 0 aliphatic carbocycles. The van der Waals surface area contributed by atoms with E-state index in [1.165, 1.54) is 5.56 Å². The van der Waals surface area contributed by atoms with Gasteiger partial charge in [-0.25, -0.2) is 13.1 Å². The second kappa shape index (κ2) is 8.39. The molecule has 0 saturated carbocycles. The molecule has 0 aromatic heterocycles. The number of hydrogen-bond donors (Lipinski definition) is 2. The summed E-state index contributed by atoms with van der Waals surface area (Å²) in [4.78, 5) is 0.349. The molecule has 0 radical (unpaired) electrons. The molecule has 20 heavy (non-hydrogen) atoms. The van der Waals surface area contributed by atoms with E-state index in [1.807, 2.05) is 33.0 Å². The summed E-state index contributed by atoms with van der Waals surface area (Å²) in [5.41, 5.74) is 1.17. The standard InChI is InChI=1S/C15H26N2O2S/c1-4-14(5-2)17-20(18,19)15-10-8-13(9-11-15)7-6-12-16-3/h8-11,14,16-17H,4-7,12H2,1-3H3. The van der Waals surface area contributed by atoms with Gasteiger partial charge >= 0.3 is 0 Å². The molecule has 114 valence electrons. The molecule has 0 heterocycles. The molecule has 0 atom stereocenters. The van der Waals surface area contributed by atoms with Crippen molar-refractivity contribution in [2.75, 3.05) is 13.6 Å². The summed E-state index contributed by atoms with van der Waals surface area (Å²) in [6.45, 7) is 4.94. The van der Waals surface area contributed by atoms with Crippen LogP contribution in [0.25, 0.3) is 0 Å². The molecule has 1 aromatic carbocycles. The Labute approximate surface area is 123 Å². The Balaban J connectivity index is 2.71. The number of hydrogen-bond acceptors (Lipinski definition) is 3. The van der Waals surface area contributed by atoms with Crippen LogP contribution in [0.1, 0.15) is 38.7 Å². The highest BCUT2D eigenvalue weighted by molar-refractivity contribution is 7.89. The minimum absolute atomic E-state index is 0.00954. The fourth-order valence-corrected chi connectivity index (χ4v) is 3.45. The largest absolute Gasteiger partial charge is 0.320 e. The van der Waals surface area contributed by atoms with E-state index in [0.717, 1.165) is 32.2 Å². The van der Waals surface area contributed by atoms with Crippen molar-refractivity contribution < 1.29 is 8.42 Å². The third-order valence-corrected chi connectivity index (χ3v) is 4.97. The van der Waals surface area contributed by atoms with Crippen molar-refractivity contribution in [2.45, 2.75) is 50.5 Å². The van der Waals surface area contributed by atoms with Crippen molar-refractivity contribution in [1.29, 1.82) is 0 Å². The van der Waals surface area contributed by atoms with Crippen LogP contribution < -0.4 is 10.0 Å². The molecule has 0 saturated heterocycles. The summed E-state index contributed by atoms with van der Waals surface area (Å²) in [6, 6.07) is 7.20. The highest BCUT2D eigenvalue weighted by Gasteiger charge is 2.17. The lowest BCUT2D eigenvalue weighted by atomic mass is 10.1. The van der Waals surface area contributed by atoms with Gasteiger partial charge in [0.1, 0.15) is 0 Å². The summed E-state index contributed by atoms with van der Waals surface area (Å²) in [5, 5.41) is 3.10. The Morgan fingerprint density at radius 1 is 1.10 bits per heavy atom. The zero-order chi connectivity index (χ0) is 15.0. The number of rotatable bonds is 9. The van der Waals surface area contributed by atoms with Crippen LogP contribution in [0.2, 0.25) is 0 Å². The van der Waals surface area contributed by atoms with Crippen molar-refractivity contribution in [3.8, 4) is 0 Å².